The Bertz CT molecular complexity index is 811. The fourth-order valence-electron chi connectivity index (χ4n) is 4.18. The fraction of sp³-hybridized carbons (Fsp3) is 0.360. The van der Waals surface area contributed by atoms with Crippen molar-refractivity contribution in [2.24, 2.45) is 0 Å². The Morgan fingerprint density at radius 2 is 1.39 bits per heavy atom. The molecular formula is C25H30N2O. The van der Waals surface area contributed by atoms with Crippen LogP contribution < -0.4 is 9.80 Å². The molecule has 0 saturated carbocycles. The van der Waals surface area contributed by atoms with Crippen LogP contribution in [0.25, 0.3) is 0 Å². The third-order valence-electron chi connectivity index (χ3n) is 5.63. The third-order valence-corrected chi connectivity index (χ3v) is 5.63. The first-order chi connectivity index (χ1) is 13.7. The number of ether oxygens (including phenoxy) is 1. The molecule has 3 nitrogen and oxygen atoms in total. The minimum atomic E-state index is 0.196. The first kappa shape index (κ1) is 18.7. The average molecular weight is 375 g/mol. The quantitative estimate of drug-likeness (QED) is 0.678. The van der Waals surface area contributed by atoms with E-state index in [1.54, 1.807) is 0 Å². The Morgan fingerprint density at radius 1 is 0.857 bits per heavy atom. The summed E-state index contributed by atoms with van der Waals surface area (Å²) in [4.78, 5) is 5.05. The predicted octanol–water partition coefficient (Wildman–Crippen LogP) is 5.60. The van der Waals surface area contributed by atoms with Crippen LogP contribution in [-0.2, 0) is 4.74 Å². The van der Waals surface area contributed by atoms with Crippen LogP contribution >= 0.6 is 0 Å². The Labute approximate surface area is 168 Å². The molecule has 2 aromatic carbocycles. The van der Waals surface area contributed by atoms with Gasteiger partial charge in [0.1, 0.15) is 6.17 Å². The molecule has 146 valence electrons. The number of aryl methyl sites for hydroxylation is 2. The normalized spacial score (nSPS) is 17.5. The molecule has 2 aromatic rings. The summed E-state index contributed by atoms with van der Waals surface area (Å²) in [5.41, 5.74) is 6.50. The van der Waals surface area contributed by atoms with Crippen molar-refractivity contribution in [3.8, 4) is 0 Å². The average Bonchev–Trinajstić information content (AvgIpc) is 3.15. The van der Waals surface area contributed by atoms with Gasteiger partial charge in [-0.25, -0.2) is 0 Å². The van der Waals surface area contributed by atoms with E-state index in [1.807, 2.05) is 0 Å². The SMILES string of the molecule is CCOC1=CC(C2N(c3ccc(C)cc3)CCN2c2ccc(C)cc2)=CCC1. The summed E-state index contributed by atoms with van der Waals surface area (Å²) in [6.45, 7) is 9.10. The van der Waals surface area contributed by atoms with Gasteiger partial charge >= 0.3 is 0 Å². The summed E-state index contributed by atoms with van der Waals surface area (Å²) < 4.78 is 5.87. The molecular weight excluding hydrogens is 344 g/mol. The number of benzene rings is 2. The van der Waals surface area contributed by atoms with Crippen LogP contribution in [0.3, 0.4) is 0 Å². The van der Waals surface area contributed by atoms with Crippen molar-refractivity contribution in [2.45, 2.75) is 39.8 Å². The lowest BCUT2D eigenvalue weighted by Crippen LogP contribution is -2.40. The molecule has 2 aliphatic rings. The van der Waals surface area contributed by atoms with Gasteiger partial charge in [-0.05, 0) is 63.1 Å². The number of rotatable bonds is 5. The molecule has 0 amide bonds. The zero-order chi connectivity index (χ0) is 19.5. The molecule has 1 saturated heterocycles. The lowest BCUT2D eigenvalue weighted by molar-refractivity contribution is 0.217. The second-order valence-electron chi connectivity index (χ2n) is 7.72. The lowest BCUT2D eigenvalue weighted by atomic mass is 10.0. The Kier molecular flexibility index (Phi) is 5.43. The van der Waals surface area contributed by atoms with Crippen molar-refractivity contribution in [2.75, 3.05) is 29.5 Å². The van der Waals surface area contributed by atoms with E-state index in [4.69, 9.17) is 4.74 Å². The maximum Gasteiger partial charge on any atom is 0.128 e. The van der Waals surface area contributed by atoms with E-state index in [0.717, 1.165) is 38.3 Å². The van der Waals surface area contributed by atoms with E-state index in [9.17, 15) is 0 Å². The molecule has 1 fully saturated rings. The zero-order valence-electron chi connectivity index (χ0n) is 17.2. The van der Waals surface area contributed by atoms with E-state index < -0.39 is 0 Å². The molecule has 1 aliphatic heterocycles. The van der Waals surface area contributed by atoms with Gasteiger partial charge in [0.25, 0.3) is 0 Å². The van der Waals surface area contributed by atoms with Gasteiger partial charge in [-0.2, -0.15) is 0 Å². The number of anilines is 2. The van der Waals surface area contributed by atoms with E-state index in [0.29, 0.717) is 0 Å². The maximum absolute atomic E-state index is 5.87. The van der Waals surface area contributed by atoms with Gasteiger partial charge in [-0.1, -0.05) is 41.5 Å². The van der Waals surface area contributed by atoms with Crippen LogP contribution in [0.2, 0.25) is 0 Å². The van der Waals surface area contributed by atoms with E-state index in [-0.39, 0.29) is 6.17 Å². The number of nitrogens with zero attached hydrogens (tertiary/aromatic N) is 2. The monoisotopic (exact) mass is 374 g/mol. The summed E-state index contributed by atoms with van der Waals surface area (Å²) in [5.74, 6) is 1.11. The Hall–Kier alpha value is -2.68. The minimum absolute atomic E-state index is 0.196. The highest BCUT2D eigenvalue weighted by atomic mass is 16.5. The van der Waals surface area contributed by atoms with Crippen LogP contribution in [0.15, 0.2) is 72.0 Å². The van der Waals surface area contributed by atoms with Gasteiger partial charge in [0, 0.05) is 30.9 Å². The number of allylic oxidation sites excluding steroid dienone is 2. The highest BCUT2D eigenvalue weighted by Crippen LogP contribution is 2.35. The summed E-state index contributed by atoms with van der Waals surface area (Å²) in [6, 6.07) is 17.8. The van der Waals surface area contributed by atoms with Gasteiger partial charge in [-0.15, -0.1) is 0 Å². The summed E-state index contributed by atoms with van der Waals surface area (Å²) in [6.07, 6.45) is 6.90. The molecule has 0 atom stereocenters. The van der Waals surface area contributed by atoms with Crippen LogP contribution in [0.1, 0.15) is 30.9 Å². The molecule has 3 heteroatoms. The lowest BCUT2D eigenvalue weighted by Gasteiger charge is -2.35. The first-order valence-electron chi connectivity index (χ1n) is 10.4. The standard InChI is InChI=1S/C25H30N2O/c1-4-28-24-7-5-6-21(18-24)25-26(22-12-8-19(2)9-13-22)16-17-27(25)23-14-10-20(3)11-15-23/h6,8-15,18,25H,4-5,7,16-17H2,1-3H3. The van der Waals surface area contributed by atoms with Crippen molar-refractivity contribution in [1.82, 2.24) is 0 Å². The molecule has 28 heavy (non-hydrogen) atoms. The van der Waals surface area contributed by atoms with Crippen LogP contribution in [0.4, 0.5) is 11.4 Å². The topological polar surface area (TPSA) is 15.7 Å². The van der Waals surface area contributed by atoms with Gasteiger partial charge in [0.05, 0.1) is 12.4 Å². The highest BCUT2D eigenvalue weighted by molar-refractivity contribution is 5.62. The number of hydrogen-bond donors (Lipinski definition) is 0. The molecule has 4 rings (SSSR count). The molecule has 0 N–H and O–H groups in total. The Balaban J connectivity index is 1.72. The van der Waals surface area contributed by atoms with Gasteiger partial charge < -0.3 is 14.5 Å². The van der Waals surface area contributed by atoms with Gasteiger partial charge in [0.2, 0.25) is 0 Å². The second-order valence-corrected chi connectivity index (χ2v) is 7.72. The van der Waals surface area contributed by atoms with Crippen LogP contribution in [0.5, 0.6) is 0 Å². The molecule has 0 radical (unpaired) electrons. The van der Waals surface area contributed by atoms with Crippen LogP contribution in [0, 0.1) is 13.8 Å². The van der Waals surface area contributed by atoms with Gasteiger partial charge in [-0.3, -0.25) is 0 Å². The summed E-state index contributed by atoms with van der Waals surface area (Å²) >= 11 is 0. The van der Waals surface area contributed by atoms with Crippen molar-refractivity contribution in [3.05, 3.63) is 83.1 Å². The van der Waals surface area contributed by atoms with Crippen molar-refractivity contribution >= 4 is 11.4 Å². The molecule has 1 heterocycles. The summed E-state index contributed by atoms with van der Waals surface area (Å²) in [5, 5.41) is 0. The van der Waals surface area contributed by atoms with Crippen molar-refractivity contribution in [1.29, 1.82) is 0 Å². The first-order valence-corrected chi connectivity index (χ1v) is 10.4. The number of hydrogen-bond acceptors (Lipinski definition) is 3. The van der Waals surface area contributed by atoms with E-state index >= 15 is 0 Å². The molecule has 1 aliphatic carbocycles. The fourth-order valence-corrected chi connectivity index (χ4v) is 4.18. The highest BCUT2D eigenvalue weighted by Gasteiger charge is 2.35. The van der Waals surface area contributed by atoms with E-state index in [2.05, 4.69) is 91.3 Å². The molecule has 0 bridgehead atoms. The van der Waals surface area contributed by atoms with Crippen LogP contribution in [-0.4, -0.2) is 25.9 Å². The Morgan fingerprint density at radius 3 is 1.89 bits per heavy atom. The van der Waals surface area contributed by atoms with Crippen molar-refractivity contribution in [3.63, 3.8) is 0 Å². The summed E-state index contributed by atoms with van der Waals surface area (Å²) in [7, 11) is 0. The van der Waals surface area contributed by atoms with Gasteiger partial charge in [0.15, 0.2) is 0 Å². The largest absolute Gasteiger partial charge is 0.498 e. The minimum Gasteiger partial charge on any atom is -0.498 e. The predicted molar refractivity (Wildman–Crippen MR) is 118 cm³/mol. The van der Waals surface area contributed by atoms with E-state index in [1.165, 1.54) is 28.1 Å². The maximum atomic E-state index is 5.87. The zero-order valence-corrected chi connectivity index (χ0v) is 17.2. The van der Waals surface area contributed by atoms with Crippen molar-refractivity contribution < 1.29 is 4.74 Å². The molecule has 0 unspecified atom stereocenters. The molecule has 0 aromatic heterocycles. The molecule has 0 spiro atoms. The third kappa shape index (κ3) is 3.80. The second kappa shape index (κ2) is 8.14. The smallest absolute Gasteiger partial charge is 0.128 e.